The van der Waals surface area contributed by atoms with E-state index in [9.17, 15) is 0 Å². The van der Waals surface area contributed by atoms with E-state index in [-0.39, 0.29) is 4.33 Å². The first-order valence-electron chi connectivity index (χ1n) is 4.04. The summed E-state index contributed by atoms with van der Waals surface area (Å²) in [5.74, 6) is 0.579. The second kappa shape index (κ2) is 3.32. The van der Waals surface area contributed by atoms with Crippen LogP contribution < -0.4 is 0 Å². The van der Waals surface area contributed by atoms with Gasteiger partial charge in [0.25, 0.3) is 0 Å². The van der Waals surface area contributed by atoms with Gasteiger partial charge in [-0.3, -0.25) is 0 Å². The molecule has 0 aliphatic heterocycles. The second-order valence-electron chi connectivity index (χ2n) is 3.14. The Bertz CT molecular complexity index is 110. The average Bonchev–Trinajstić information content (AvgIpc) is 1.87. The zero-order valence-corrected chi connectivity index (χ0v) is 7.88. The Balaban J connectivity index is 2.17. The highest BCUT2D eigenvalue weighted by molar-refractivity contribution is 6.49. The summed E-state index contributed by atoms with van der Waals surface area (Å²) in [5.41, 5.74) is 0. The van der Waals surface area contributed by atoms with E-state index in [1.165, 1.54) is 25.7 Å². The van der Waals surface area contributed by atoms with Crippen LogP contribution in [-0.2, 0) is 0 Å². The van der Waals surface area contributed by atoms with Gasteiger partial charge in [0, 0.05) is 0 Å². The van der Waals surface area contributed by atoms with E-state index < -0.39 is 0 Å². The van der Waals surface area contributed by atoms with Crippen molar-refractivity contribution < 1.29 is 0 Å². The quantitative estimate of drug-likeness (QED) is 0.581. The van der Waals surface area contributed by atoms with Gasteiger partial charge in [-0.2, -0.15) is 0 Å². The van der Waals surface area contributed by atoms with E-state index in [0.717, 1.165) is 6.42 Å². The predicted octanol–water partition coefficient (Wildman–Crippen LogP) is 3.76. The lowest BCUT2D eigenvalue weighted by atomic mass is 9.80. The van der Waals surface area contributed by atoms with Crippen molar-refractivity contribution in [2.75, 3.05) is 0 Å². The number of hydrogen-bond donors (Lipinski definition) is 0. The third-order valence-electron chi connectivity index (χ3n) is 2.33. The van der Waals surface area contributed by atoms with Gasteiger partial charge in [-0.15, -0.1) is 23.2 Å². The van der Waals surface area contributed by atoms with Crippen LogP contribution >= 0.6 is 23.2 Å². The lowest BCUT2D eigenvalue weighted by Gasteiger charge is -2.39. The molecule has 1 rings (SSSR count). The molecule has 0 aromatic carbocycles. The Morgan fingerprint density at radius 2 is 2.20 bits per heavy atom. The summed E-state index contributed by atoms with van der Waals surface area (Å²) in [7, 11) is 0. The molecule has 0 aromatic heterocycles. The summed E-state index contributed by atoms with van der Waals surface area (Å²) >= 11 is 11.9. The van der Waals surface area contributed by atoms with Crippen molar-refractivity contribution in [2.24, 2.45) is 5.92 Å². The molecule has 0 bridgehead atoms. The van der Waals surface area contributed by atoms with Crippen LogP contribution in [-0.4, -0.2) is 4.33 Å². The Labute approximate surface area is 72.9 Å². The number of unbranched alkanes of at least 4 members (excludes halogenated alkanes) is 1. The van der Waals surface area contributed by atoms with Crippen LogP contribution in [0.2, 0.25) is 0 Å². The minimum absolute atomic E-state index is 0.366. The van der Waals surface area contributed by atoms with Crippen LogP contribution in [0.4, 0.5) is 0 Å². The molecule has 10 heavy (non-hydrogen) atoms. The molecular weight excluding hydrogens is 167 g/mol. The second-order valence-corrected chi connectivity index (χ2v) is 4.68. The lowest BCUT2D eigenvalue weighted by molar-refractivity contribution is 0.264. The van der Waals surface area contributed by atoms with E-state index >= 15 is 0 Å². The van der Waals surface area contributed by atoms with E-state index in [1.54, 1.807) is 0 Å². The van der Waals surface area contributed by atoms with Gasteiger partial charge < -0.3 is 0 Å². The van der Waals surface area contributed by atoms with Crippen molar-refractivity contribution >= 4 is 23.2 Å². The molecule has 0 saturated heterocycles. The first-order chi connectivity index (χ1) is 4.67. The van der Waals surface area contributed by atoms with Crippen molar-refractivity contribution in [3.05, 3.63) is 0 Å². The van der Waals surface area contributed by atoms with Crippen LogP contribution in [0.5, 0.6) is 0 Å². The van der Waals surface area contributed by atoms with Crippen LogP contribution in [0.1, 0.15) is 39.0 Å². The summed E-state index contributed by atoms with van der Waals surface area (Å²) in [5, 5.41) is 0. The molecular formula is C8H14Cl2. The Hall–Kier alpha value is 0.580. The van der Waals surface area contributed by atoms with Crippen LogP contribution in [0, 0.1) is 5.92 Å². The van der Waals surface area contributed by atoms with Gasteiger partial charge in [0.2, 0.25) is 0 Å². The molecule has 2 heteroatoms. The van der Waals surface area contributed by atoms with Gasteiger partial charge in [-0.05, 0) is 25.2 Å². The van der Waals surface area contributed by atoms with Crippen LogP contribution in [0.15, 0.2) is 0 Å². The zero-order chi connectivity index (χ0) is 7.61. The van der Waals surface area contributed by atoms with Gasteiger partial charge in [0.15, 0.2) is 0 Å². The van der Waals surface area contributed by atoms with Crippen molar-refractivity contribution in [1.29, 1.82) is 0 Å². The SMILES string of the molecule is CCCCC1CCC1(Cl)Cl. The van der Waals surface area contributed by atoms with Gasteiger partial charge in [0.05, 0.1) is 0 Å². The highest BCUT2D eigenvalue weighted by Crippen LogP contribution is 2.49. The Kier molecular flexibility index (Phi) is 2.88. The summed E-state index contributed by atoms with van der Waals surface area (Å²) in [4.78, 5) is 0. The standard InChI is InChI=1S/C8H14Cl2/c1-2-3-4-7-5-6-8(7,9)10/h7H,2-6H2,1H3. The minimum Gasteiger partial charge on any atom is -0.101 e. The van der Waals surface area contributed by atoms with Gasteiger partial charge >= 0.3 is 0 Å². The predicted molar refractivity (Wildman–Crippen MR) is 46.7 cm³/mol. The van der Waals surface area contributed by atoms with E-state index in [1.807, 2.05) is 0 Å². The summed E-state index contributed by atoms with van der Waals surface area (Å²) in [6, 6.07) is 0. The highest BCUT2D eigenvalue weighted by atomic mass is 35.5. The molecule has 0 heterocycles. The largest absolute Gasteiger partial charge is 0.121 e. The van der Waals surface area contributed by atoms with E-state index in [2.05, 4.69) is 6.92 Å². The van der Waals surface area contributed by atoms with Gasteiger partial charge in [0.1, 0.15) is 4.33 Å². The lowest BCUT2D eigenvalue weighted by Crippen LogP contribution is -2.36. The highest BCUT2D eigenvalue weighted by Gasteiger charge is 2.42. The molecule has 1 saturated carbocycles. The summed E-state index contributed by atoms with van der Waals surface area (Å²) in [6.45, 7) is 2.20. The van der Waals surface area contributed by atoms with Gasteiger partial charge in [-0.1, -0.05) is 19.8 Å². The molecule has 0 radical (unpaired) electrons. The van der Waals surface area contributed by atoms with Crippen molar-refractivity contribution in [3.63, 3.8) is 0 Å². The fourth-order valence-electron chi connectivity index (χ4n) is 1.37. The smallest absolute Gasteiger partial charge is 0.101 e. The van der Waals surface area contributed by atoms with E-state index in [4.69, 9.17) is 23.2 Å². The number of rotatable bonds is 3. The number of halogens is 2. The maximum Gasteiger partial charge on any atom is 0.121 e. The van der Waals surface area contributed by atoms with Crippen molar-refractivity contribution in [3.8, 4) is 0 Å². The molecule has 60 valence electrons. The first-order valence-corrected chi connectivity index (χ1v) is 4.80. The van der Waals surface area contributed by atoms with Crippen molar-refractivity contribution in [2.45, 2.75) is 43.4 Å². The van der Waals surface area contributed by atoms with Crippen LogP contribution in [0.25, 0.3) is 0 Å². The topological polar surface area (TPSA) is 0 Å². The normalized spacial score (nSPS) is 29.7. The molecule has 0 N–H and O–H groups in total. The minimum atomic E-state index is -0.366. The fraction of sp³-hybridized carbons (Fsp3) is 1.00. The fourth-order valence-corrected chi connectivity index (χ4v) is 2.03. The van der Waals surface area contributed by atoms with E-state index in [0.29, 0.717) is 5.92 Å². The molecule has 0 amide bonds. The molecule has 1 fully saturated rings. The number of hydrogen-bond acceptors (Lipinski definition) is 0. The first kappa shape index (κ1) is 8.67. The maximum atomic E-state index is 5.97. The molecule has 1 unspecified atom stereocenters. The summed E-state index contributed by atoms with van der Waals surface area (Å²) < 4.78 is -0.366. The molecule has 0 nitrogen and oxygen atoms in total. The third-order valence-corrected chi connectivity index (χ3v) is 3.32. The monoisotopic (exact) mass is 180 g/mol. The third kappa shape index (κ3) is 1.79. The molecule has 1 aliphatic rings. The Morgan fingerprint density at radius 1 is 1.50 bits per heavy atom. The molecule has 0 aromatic rings. The average molecular weight is 181 g/mol. The molecule has 0 spiro atoms. The Morgan fingerprint density at radius 3 is 2.50 bits per heavy atom. The maximum absolute atomic E-state index is 5.97. The van der Waals surface area contributed by atoms with Gasteiger partial charge in [-0.25, -0.2) is 0 Å². The van der Waals surface area contributed by atoms with Crippen LogP contribution in [0.3, 0.4) is 0 Å². The molecule has 1 aliphatic carbocycles. The van der Waals surface area contributed by atoms with Crippen molar-refractivity contribution in [1.82, 2.24) is 0 Å². The summed E-state index contributed by atoms with van der Waals surface area (Å²) in [6.07, 6.45) is 5.95. The zero-order valence-electron chi connectivity index (χ0n) is 6.37. The molecule has 1 atom stereocenters. The number of alkyl halides is 2.